The Morgan fingerprint density at radius 2 is 1.90 bits per heavy atom. The monoisotopic (exact) mass is 439 g/mol. The average Bonchev–Trinajstić information content (AvgIpc) is 3.29. The van der Waals surface area contributed by atoms with Crippen molar-refractivity contribution in [2.75, 3.05) is 20.2 Å². The Morgan fingerprint density at radius 1 is 1.13 bits per heavy atom. The van der Waals surface area contributed by atoms with Gasteiger partial charge in [0.1, 0.15) is 5.75 Å². The summed E-state index contributed by atoms with van der Waals surface area (Å²) in [5.74, 6) is 0.317. The van der Waals surface area contributed by atoms with Crippen molar-refractivity contribution in [1.82, 2.24) is 25.2 Å². The second kappa shape index (κ2) is 9.18. The molecule has 1 aliphatic rings. The lowest BCUT2D eigenvalue weighted by molar-refractivity contribution is 0.0692. The summed E-state index contributed by atoms with van der Waals surface area (Å²) in [7, 11) is 1.57. The van der Waals surface area contributed by atoms with Crippen LogP contribution in [0.2, 0.25) is 5.02 Å². The highest BCUT2D eigenvalue weighted by molar-refractivity contribution is 6.30. The molecular weight excluding hydrogens is 418 g/mol. The summed E-state index contributed by atoms with van der Waals surface area (Å²) in [6, 6.07) is 14.2. The van der Waals surface area contributed by atoms with Gasteiger partial charge in [-0.1, -0.05) is 28.9 Å². The molecule has 0 bridgehead atoms. The number of piperidine rings is 1. The minimum absolute atomic E-state index is 0.00453. The molecule has 0 spiro atoms. The van der Waals surface area contributed by atoms with E-state index in [9.17, 15) is 9.59 Å². The van der Waals surface area contributed by atoms with Gasteiger partial charge in [-0.15, -0.1) is 5.10 Å². The van der Waals surface area contributed by atoms with Crippen molar-refractivity contribution in [3.05, 3.63) is 71.0 Å². The molecule has 2 amide bonds. The largest absolute Gasteiger partial charge is 0.497 e. The molecule has 0 atom stereocenters. The van der Waals surface area contributed by atoms with E-state index in [-0.39, 0.29) is 23.6 Å². The molecule has 1 fully saturated rings. The highest BCUT2D eigenvalue weighted by Gasteiger charge is 2.26. The van der Waals surface area contributed by atoms with Gasteiger partial charge in [0.2, 0.25) is 0 Å². The minimum atomic E-state index is -0.175. The van der Waals surface area contributed by atoms with Crippen molar-refractivity contribution in [2.24, 2.45) is 0 Å². The number of carbonyl (C=O) groups excluding carboxylic acids is 2. The van der Waals surface area contributed by atoms with Gasteiger partial charge in [-0.3, -0.25) is 9.59 Å². The molecule has 1 aromatic heterocycles. The number of ether oxygens (including phenoxy) is 1. The maximum atomic E-state index is 12.8. The number of aromatic nitrogens is 3. The quantitative estimate of drug-likeness (QED) is 0.660. The van der Waals surface area contributed by atoms with Crippen molar-refractivity contribution in [1.29, 1.82) is 0 Å². The summed E-state index contributed by atoms with van der Waals surface area (Å²) < 4.78 is 6.70. The zero-order valence-electron chi connectivity index (χ0n) is 17.0. The Balaban J connectivity index is 1.33. The zero-order valence-corrected chi connectivity index (χ0v) is 17.7. The topological polar surface area (TPSA) is 89.4 Å². The number of hydrogen-bond acceptors (Lipinski definition) is 5. The summed E-state index contributed by atoms with van der Waals surface area (Å²) in [4.78, 5) is 27.1. The first-order chi connectivity index (χ1) is 15.0. The second-order valence-electron chi connectivity index (χ2n) is 7.30. The van der Waals surface area contributed by atoms with Crippen molar-refractivity contribution in [2.45, 2.75) is 18.9 Å². The zero-order chi connectivity index (χ0) is 21.8. The highest BCUT2D eigenvalue weighted by atomic mass is 35.5. The van der Waals surface area contributed by atoms with Gasteiger partial charge in [0.25, 0.3) is 11.8 Å². The number of methoxy groups -OCH3 is 1. The van der Waals surface area contributed by atoms with Gasteiger partial charge >= 0.3 is 0 Å². The number of halogens is 1. The third-order valence-corrected chi connectivity index (χ3v) is 5.47. The van der Waals surface area contributed by atoms with Crippen molar-refractivity contribution in [3.63, 3.8) is 0 Å². The summed E-state index contributed by atoms with van der Waals surface area (Å²) in [6.45, 7) is 1.07. The van der Waals surface area contributed by atoms with Crippen LogP contribution in [0.1, 0.15) is 33.7 Å². The first-order valence-electron chi connectivity index (χ1n) is 9.96. The number of hydrogen-bond donors (Lipinski definition) is 1. The molecule has 0 saturated carbocycles. The van der Waals surface area contributed by atoms with Crippen LogP contribution in [0.4, 0.5) is 0 Å². The average molecular weight is 440 g/mol. The van der Waals surface area contributed by atoms with Crippen molar-refractivity contribution < 1.29 is 14.3 Å². The molecule has 9 heteroatoms. The second-order valence-corrected chi connectivity index (χ2v) is 7.74. The Kier molecular flexibility index (Phi) is 6.18. The van der Waals surface area contributed by atoms with Crippen LogP contribution in [-0.2, 0) is 0 Å². The molecule has 1 N–H and O–H groups in total. The molecule has 3 aromatic rings. The van der Waals surface area contributed by atoms with E-state index in [2.05, 4.69) is 15.6 Å². The maximum absolute atomic E-state index is 12.8. The lowest BCUT2D eigenvalue weighted by atomic mass is 10.0. The van der Waals surface area contributed by atoms with Gasteiger partial charge in [-0.05, 0) is 49.2 Å². The molecular formula is C22H22ClN5O3. The van der Waals surface area contributed by atoms with E-state index in [0.717, 1.165) is 5.69 Å². The van der Waals surface area contributed by atoms with Crippen LogP contribution >= 0.6 is 11.6 Å². The van der Waals surface area contributed by atoms with Gasteiger partial charge in [0.05, 0.1) is 19.0 Å². The van der Waals surface area contributed by atoms with E-state index < -0.39 is 0 Å². The first kappa shape index (κ1) is 20.9. The molecule has 2 aromatic carbocycles. The normalized spacial score (nSPS) is 14.3. The van der Waals surface area contributed by atoms with E-state index in [0.29, 0.717) is 42.3 Å². The van der Waals surface area contributed by atoms with E-state index in [4.69, 9.17) is 16.3 Å². The molecule has 8 nitrogen and oxygen atoms in total. The number of carbonyl (C=O) groups is 2. The first-order valence-corrected chi connectivity index (χ1v) is 10.3. The minimum Gasteiger partial charge on any atom is -0.497 e. The molecule has 2 heterocycles. The molecule has 0 radical (unpaired) electrons. The van der Waals surface area contributed by atoms with Crippen LogP contribution < -0.4 is 10.1 Å². The molecule has 1 aliphatic heterocycles. The Labute approximate surface area is 184 Å². The van der Waals surface area contributed by atoms with Gasteiger partial charge < -0.3 is 15.0 Å². The van der Waals surface area contributed by atoms with Crippen LogP contribution in [-0.4, -0.2) is 57.9 Å². The van der Waals surface area contributed by atoms with Crippen molar-refractivity contribution in [3.8, 4) is 11.4 Å². The Hall–Kier alpha value is -3.39. The van der Waals surface area contributed by atoms with E-state index in [1.165, 1.54) is 4.68 Å². The predicted octanol–water partition coefficient (Wildman–Crippen LogP) is 2.96. The number of rotatable bonds is 5. The van der Waals surface area contributed by atoms with Crippen LogP contribution in [0.25, 0.3) is 5.69 Å². The third kappa shape index (κ3) is 4.86. The highest BCUT2D eigenvalue weighted by Crippen LogP contribution is 2.17. The molecule has 160 valence electrons. The SMILES string of the molecule is COc1cccc(C(=O)NC2CCN(C(=O)c3cn(-c4cccc(Cl)c4)nn3)CC2)c1. The smallest absolute Gasteiger partial charge is 0.276 e. The molecule has 4 rings (SSSR count). The molecule has 0 unspecified atom stereocenters. The Morgan fingerprint density at radius 3 is 2.65 bits per heavy atom. The van der Waals surface area contributed by atoms with Crippen LogP contribution in [0.5, 0.6) is 5.75 Å². The number of benzene rings is 2. The summed E-state index contributed by atoms with van der Waals surface area (Å²) in [5, 5.41) is 11.7. The number of likely N-dealkylation sites (tertiary alicyclic amines) is 1. The lowest BCUT2D eigenvalue weighted by Gasteiger charge is -2.31. The van der Waals surface area contributed by atoms with Gasteiger partial charge in [-0.25, -0.2) is 4.68 Å². The summed E-state index contributed by atoms with van der Waals surface area (Å²) in [5.41, 5.74) is 1.56. The molecule has 0 aliphatic carbocycles. The number of nitrogens with one attached hydrogen (secondary N) is 1. The summed E-state index contributed by atoms with van der Waals surface area (Å²) in [6.07, 6.45) is 2.94. The fourth-order valence-electron chi connectivity index (χ4n) is 3.53. The maximum Gasteiger partial charge on any atom is 0.276 e. The number of nitrogens with zero attached hydrogens (tertiary/aromatic N) is 4. The summed E-state index contributed by atoms with van der Waals surface area (Å²) >= 11 is 6.02. The van der Waals surface area contributed by atoms with Gasteiger partial charge in [0, 0.05) is 29.7 Å². The molecule has 31 heavy (non-hydrogen) atoms. The van der Waals surface area contributed by atoms with Gasteiger partial charge in [0.15, 0.2) is 5.69 Å². The standard InChI is InChI=1S/C22H22ClN5O3/c1-31-19-7-2-4-15(12-19)21(29)24-17-8-10-27(11-9-17)22(30)20-14-28(26-25-20)18-6-3-5-16(23)13-18/h2-7,12-14,17H,8-11H2,1H3,(H,24,29). The third-order valence-electron chi connectivity index (χ3n) is 5.23. The van der Waals surface area contributed by atoms with Crippen LogP contribution in [0.3, 0.4) is 0 Å². The fourth-order valence-corrected chi connectivity index (χ4v) is 3.71. The lowest BCUT2D eigenvalue weighted by Crippen LogP contribution is -2.46. The number of amides is 2. The van der Waals surface area contributed by atoms with Gasteiger partial charge in [-0.2, -0.15) is 0 Å². The van der Waals surface area contributed by atoms with E-state index in [1.54, 1.807) is 54.6 Å². The van der Waals surface area contributed by atoms with E-state index >= 15 is 0 Å². The predicted molar refractivity (Wildman–Crippen MR) is 116 cm³/mol. The fraction of sp³-hybridized carbons (Fsp3) is 0.273. The Bertz CT molecular complexity index is 1090. The van der Waals surface area contributed by atoms with Crippen LogP contribution in [0.15, 0.2) is 54.7 Å². The molecule has 1 saturated heterocycles. The van der Waals surface area contributed by atoms with Crippen LogP contribution in [0, 0.1) is 0 Å². The van der Waals surface area contributed by atoms with Crippen molar-refractivity contribution >= 4 is 23.4 Å². The van der Waals surface area contributed by atoms with E-state index in [1.807, 2.05) is 12.1 Å².